The van der Waals surface area contributed by atoms with Gasteiger partial charge in [-0.1, -0.05) is 26.0 Å². The summed E-state index contributed by atoms with van der Waals surface area (Å²) in [5, 5.41) is 3.34. The van der Waals surface area contributed by atoms with E-state index in [-0.39, 0.29) is 0 Å². The molecule has 0 spiro atoms. The van der Waals surface area contributed by atoms with Gasteiger partial charge in [0.2, 0.25) is 0 Å². The minimum Gasteiger partial charge on any atom is -0.382 e. The normalized spacial score (nSPS) is 14.2. The van der Waals surface area contributed by atoms with Crippen LogP contribution in [0, 0.1) is 6.92 Å². The van der Waals surface area contributed by atoms with Gasteiger partial charge in [-0.2, -0.15) is 0 Å². The van der Waals surface area contributed by atoms with Gasteiger partial charge in [0, 0.05) is 17.8 Å². The lowest BCUT2D eigenvalue weighted by atomic mass is 10.1. The summed E-state index contributed by atoms with van der Waals surface area (Å²) < 4.78 is 5.44. The molecule has 2 heteroatoms. The fourth-order valence-corrected chi connectivity index (χ4v) is 1.49. The maximum atomic E-state index is 5.44. The lowest BCUT2D eigenvalue weighted by Gasteiger charge is -2.08. The minimum absolute atomic E-state index is 0.745. The summed E-state index contributed by atoms with van der Waals surface area (Å²) >= 11 is 0. The van der Waals surface area contributed by atoms with Crippen LogP contribution in [-0.2, 0) is 11.3 Å². The van der Waals surface area contributed by atoms with Crippen molar-refractivity contribution in [2.24, 2.45) is 0 Å². The number of nitrogens with one attached hydrogen (secondary N) is 1. The van der Waals surface area contributed by atoms with Gasteiger partial charge in [0.15, 0.2) is 0 Å². The number of anilines is 1. The first-order valence-corrected chi connectivity index (χ1v) is 5.28. The SMILES string of the molecule is CC.Cc1cccc2c1COCCN2. The van der Waals surface area contributed by atoms with Crippen molar-refractivity contribution in [2.75, 3.05) is 18.5 Å². The van der Waals surface area contributed by atoms with E-state index in [0.717, 1.165) is 19.8 Å². The number of hydrogen-bond acceptors (Lipinski definition) is 2. The molecule has 0 fully saturated rings. The zero-order valence-electron chi connectivity index (χ0n) is 9.26. The predicted molar refractivity (Wildman–Crippen MR) is 60.7 cm³/mol. The highest BCUT2D eigenvalue weighted by atomic mass is 16.5. The highest BCUT2D eigenvalue weighted by molar-refractivity contribution is 5.54. The number of benzene rings is 1. The Morgan fingerprint density at radius 1 is 1.29 bits per heavy atom. The topological polar surface area (TPSA) is 21.3 Å². The second kappa shape index (κ2) is 5.66. The lowest BCUT2D eigenvalue weighted by molar-refractivity contribution is 0.134. The second-order valence-electron chi connectivity index (χ2n) is 3.08. The van der Waals surface area contributed by atoms with Gasteiger partial charge in [0.1, 0.15) is 0 Å². The summed E-state index contributed by atoms with van der Waals surface area (Å²) in [6, 6.07) is 6.30. The highest BCUT2D eigenvalue weighted by Gasteiger charge is 2.08. The van der Waals surface area contributed by atoms with Gasteiger partial charge in [-0.3, -0.25) is 0 Å². The first-order valence-electron chi connectivity index (χ1n) is 5.28. The summed E-state index contributed by atoms with van der Waals surface area (Å²) in [4.78, 5) is 0. The van der Waals surface area contributed by atoms with Crippen molar-refractivity contribution < 1.29 is 4.74 Å². The van der Waals surface area contributed by atoms with Gasteiger partial charge in [0.05, 0.1) is 13.2 Å². The maximum Gasteiger partial charge on any atom is 0.0740 e. The van der Waals surface area contributed by atoms with Crippen molar-refractivity contribution in [2.45, 2.75) is 27.4 Å². The van der Waals surface area contributed by atoms with Crippen LogP contribution in [-0.4, -0.2) is 13.2 Å². The van der Waals surface area contributed by atoms with Crippen molar-refractivity contribution in [1.82, 2.24) is 0 Å². The van der Waals surface area contributed by atoms with E-state index in [9.17, 15) is 0 Å². The Kier molecular flexibility index (Phi) is 4.47. The van der Waals surface area contributed by atoms with Crippen LogP contribution in [0.25, 0.3) is 0 Å². The molecule has 1 aromatic carbocycles. The van der Waals surface area contributed by atoms with Crippen LogP contribution in [0.5, 0.6) is 0 Å². The molecule has 0 radical (unpaired) electrons. The molecule has 0 bridgehead atoms. The quantitative estimate of drug-likeness (QED) is 0.684. The van der Waals surface area contributed by atoms with Crippen molar-refractivity contribution >= 4 is 5.69 Å². The number of ether oxygens (including phenoxy) is 1. The lowest BCUT2D eigenvalue weighted by Crippen LogP contribution is -2.04. The fraction of sp³-hybridized carbons (Fsp3) is 0.500. The monoisotopic (exact) mass is 193 g/mol. The Morgan fingerprint density at radius 2 is 2.07 bits per heavy atom. The van der Waals surface area contributed by atoms with Crippen molar-refractivity contribution in [1.29, 1.82) is 0 Å². The molecule has 14 heavy (non-hydrogen) atoms. The van der Waals surface area contributed by atoms with Crippen molar-refractivity contribution in [3.8, 4) is 0 Å². The zero-order chi connectivity index (χ0) is 10.4. The molecule has 0 aliphatic carbocycles. The molecule has 1 heterocycles. The third-order valence-corrected chi connectivity index (χ3v) is 2.22. The van der Waals surface area contributed by atoms with Crippen LogP contribution in [0.2, 0.25) is 0 Å². The van der Waals surface area contributed by atoms with Gasteiger partial charge >= 0.3 is 0 Å². The molecule has 0 saturated heterocycles. The Morgan fingerprint density at radius 3 is 2.86 bits per heavy atom. The minimum atomic E-state index is 0.745. The number of hydrogen-bond donors (Lipinski definition) is 1. The molecular formula is C12H19NO. The summed E-state index contributed by atoms with van der Waals surface area (Å²) in [5.41, 5.74) is 3.84. The van der Waals surface area contributed by atoms with E-state index in [1.807, 2.05) is 13.8 Å². The highest BCUT2D eigenvalue weighted by Crippen LogP contribution is 2.21. The van der Waals surface area contributed by atoms with E-state index >= 15 is 0 Å². The first-order chi connectivity index (χ1) is 6.88. The molecule has 2 nitrogen and oxygen atoms in total. The second-order valence-corrected chi connectivity index (χ2v) is 3.08. The van der Waals surface area contributed by atoms with E-state index in [1.54, 1.807) is 0 Å². The fourth-order valence-electron chi connectivity index (χ4n) is 1.49. The number of aryl methyl sites for hydroxylation is 1. The smallest absolute Gasteiger partial charge is 0.0740 e. The Balaban J connectivity index is 0.000000461. The van der Waals surface area contributed by atoms with E-state index in [4.69, 9.17) is 4.74 Å². The largest absolute Gasteiger partial charge is 0.382 e. The predicted octanol–water partition coefficient (Wildman–Crippen LogP) is 2.96. The molecule has 0 unspecified atom stereocenters. The Bertz CT molecular complexity index is 284. The molecular weight excluding hydrogens is 174 g/mol. The van der Waals surface area contributed by atoms with E-state index in [2.05, 4.69) is 30.4 Å². The molecule has 1 aliphatic rings. The van der Waals surface area contributed by atoms with Gasteiger partial charge in [-0.25, -0.2) is 0 Å². The van der Waals surface area contributed by atoms with Gasteiger partial charge in [0.25, 0.3) is 0 Å². The van der Waals surface area contributed by atoms with Crippen LogP contribution in [0.1, 0.15) is 25.0 Å². The maximum absolute atomic E-state index is 5.44. The average Bonchev–Trinajstić information content (AvgIpc) is 2.47. The third-order valence-electron chi connectivity index (χ3n) is 2.22. The van der Waals surface area contributed by atoms with Gasteiger partial charge in [-0.05, 0) is 18.6 Å². The van der Waals surface area contributed by atoms with E-state index in [1.165, 1.54) is 16.8 Å². The molecule has 0 atom stereocenters. The molecule has 2 rings (SSSR count). The van der Waals surface area contributed by atoms with Crippen LogP contribution >= 0.6 is 0 Å². The number of rotatable bonds is 0. The third kappa shape index (κ3) is 2.48. The van der Waals surface area contributed by atoms with E-state index in [0.29, 0.717) is 0 Å². The molecule has 0 amide bonds. The van der Waals surface area contributed by atoms with Crippen molar-refractivity contribution in [3.05, 3.63) is 29.3 Å². The van der Waals surface area contributed by atoms with Crippen LogP contribution in [0.15, 0.2) is 18.2 Å². The van der Waals surface area contributed by atoms with Gasteiger partial charge < -0.3 is 10.1 Å². The Hall–Kier alpha value is -1.02. The molecule has 1 aromatic rings. The number of fused-ring (bicyclic) bond motifs is 1. The van der Waals surface area contributed by atoms with Crippen LogP contribution in [0.3, 0.4) is 0 Å². The Labute approximate surface area is 86.3 Å². The molecule has 0 saturated carbocycles. The molecule has 1 aliphatic heterocycles. The van der Waals surface area contributed by atoms with E-state index < -0.39 is 0 Å². The van der Waals surface area contributed by atoms with Gasteiger partial charge in [-0.15, -0.1) is 0 Å². The first kappa shape index (κ1) is 11.1. The molecule has 1 N–H and O–H groups in total. The molecule has 78 valence electrons. The summed E-state index contributed by atoms with van der Waals surface area (Å²) in [6.07, 6.45) is 0. The summed E-state index contributed by atoms with van der Waals surface area (Å²) in [6.45, 7) is 8.58. The van der Waals surface area contributed by atoms with Crippen LogP contribution < -0.4 is 5.32 Å². The zero-order valence-corrected chi connectivity index (χ0v) is 9.26. The molecule has 0 aromatic heterocycles. The summed E-state index contributed by atoms with van der Waals surface area (Å²) in [5.74, 6) is 0. The van der Waals surface area contributed by atoms with Crippen LogP contribution in [0.4, 0.5) is 5.69 Å². The standard InChI is InChI=1S/C10H13NO.C2H6/c1-8-3-2-4-10-9(8)7-12-6-5-11-10;1-2/h2-4,11H,5-7H2,1H3;1-2H3. The average molecular weight is 193 g/mol. The van der Waals surface area contributed by atoms with Crippen molar-refractivity contribution in [3.63, 3.8) is 0 Å². The summed E-state index contributed by atoms with van der Waals surface area (Å²) in [7, 11) is 0.